The summed E-state index contributed by atoms with van der Waals surface area (Å²) in [5, 5.41) is 0. The van der Waals surface area contributed by atoms with E-state index in [2.05, 4.69) is 37.8 Å². The van der Waals surface area contributed by atoms with E-state index < -0.39 is 0 Å². The fourth-order valence-electron chi connectivity index (χ4n) is 2.48. The van der Waals surface area contributed by atoms with Gasteiger partial charge < -0.3 is 10.6 Å². The van der Waals surface area contributed by atoms with Crippen LogP contribution in [-0.4, -0.2) is 18.5 Å². The number of nitrogens with two attached hydrogens (primary N) is 1. The van der Waals surface area contributed by atoms with Crippen LogP contribution in [0.1, 0.15) is 26.3 Å². The van der Waals surface area contributed by atoms with E-state index in [1.165, 1.54) is 5.56 Å². The Kier molecular flexibility index (Phi) is 2.41. The number of para-hydroxylation sites is 1. The zero-order chi connectivity index (χ0) is 11.9. The fraction of sp³-hybridized carbons (Fsp3) is 0.462. The van der Waals surface area contributed by atoms with E-state index in [1.807, 2.05) is 12.1 Å². The monoisotopic (exact) mass is 218 g/mol. The van der Waals surface area contributed by atoms with Crippen molar-refractivity contribution in [3.05, 3.63) is 29.8 Å². The van der Waals surface area contributed by atoms with E-state index in [0.29, 0.717) is 6.54 Å². The second-order valence-electron chi connectivity index (χ2n) is 5.01. The van der Waals surface area contributed by atoms with Crippen molar-refractivity contribution in [1.82, 2.24) is 0 Å². The minimum atomic E-state index is -0.278. The Morgan fingerprint density at radius 1 is 1.44 bits per heavy atom. The van der Waals surface area contributed by atoms with Crippen molar-refractivity contribution in [2.24, 2.45) is 5.73 Å². The van der Waals surface area contributed by atoms with Crippen LogP contribution in [0.5, 0.6) is 0 Å². The first-order valence-corrected chi connectivity index (χ1v) is 5.59. The van der Waals surface area contributed by atoms with Gasteiger partial charge in [-0.3, -0.25) is 4.79 Å². The number of hydrogen-bond acceptors (Lipinski definition) is 2. The quantitative estimate of drug-likeness (QED) is 0.820. The van der Waals surface area contributed by atoms with Gasteiger partial charge in [-0.25, -0.2) is 0 Å². The molecule has 1 aliphatic rings. The molecular formula is C13H18N2O. The molecule has 1 heterocycles. The van der Waals surface area contributed by atoms with E-state index in [-0.39, 0.29) is 17.4 Å². The average molecular weight is 218 g/mol. The smallest absolute Gasteiger partial charge is 0.236 e. The summed E-state index contributed by atoms with van der Waals surface area (Å²) in [6.45, 7) is 6.85. The lowest BCUT2D eigenvalue weighted by Crippen LogP contribution is -2.43. The third kappa shape index (κ3) is 1.47. The number of primary amides is 1. The van der Waals surface area contributed by atoms with E-state index in [4.69, 9.17) is 5.73 Å². The molecule has 0 fully saturated rings. The second kappa shape index (κ2) is 3.51. The number of fused-ring (bicyclic) bond motifs is 1. The van der Waals surface area contributed by atoms with Crippen LogP contribution in [0.25, 0.3) is 0 Å². The third-order valence-electron chi connectivity index (χ3n) is 3.75. The summed E-state index contributed by atoms with van der Waals surface area (Å²) in [6.07, 6.45) is 0. The van der Waals surface area contributed by atoms with Crippen LogP contribution in [0.4, 0.5) is 5.69 Å². The molecule has 2 rings (SSSR count). The van der Waals surface area contributed by atoms with E-state index in [0.717, 1.165) is 5.69 Å². The third-order valence-corrected chi connectivity index (χ3v) is 3.75. The van der Waals surface area contributed by atoms with Gasteiger partial charge in [0.05, 0.1) is 6.54 Å². The van der Waals surface area contributed by atoms with Gasteiger partial charge in [0, 0.05) is 17.1 Å². The van der Waals surface area contributed by atoms with Crippen LogP contribution >= 0.6 is 0 Å². The molecule has 0 aliphatic carbocycles. The molecule has 1 atom stereocenters. The fourth-order valence-corrected chi connectivity index (χ4v) is 2.48. The molecule has 0 spiro atoms. The highest BCUT2D eigenvalue weighted by Crippen LogP contribution is 2.44. The Balaban J connectivity index is 2.47. The van der Waals surface area contributed by atoms with Crippen molar-refractivity contribution in [2.45, 2.75) is 32.2 Å². The average Bonchev–Trinajstić information content (AvgIpc) is 2.41. The minimum Gasteiger partial charge on any atom is -0.368 e. The molecule has 86 valence electrons. The van der Waals surface area contributed by atoms with Crippen LogP contribution in [0.3, 0.4) is 0 Å². The Hall–Kier alpha value is -1.51. The molecule has 1 aromatic carbocycles. The van der Waals surface area contributed by atoms with Crippen molar-refractivity contribution >= 4 is 11.6 Å². The van der Waals surface area contributed by atoms with Gasteiger partial charge in [0.25, 0.3) is 0 Å². The van der Waals surface area contributed by atoms with Gasteiger partial charge >= 0.3 is 0 Å². The summed E-state index contributed by atoms with van der Waals surface area (Å²) in [6, 6.07) is 8.52. The maximum atomic E-state index is 11.1. The zero-order valence-electron chi connectivity index (χ0n) is 10.0. The number of rotatable bonds is 2. The Bertz CT molecular complexity index is 426. The molecule has 0 aromatic heterocycles. The normalized spacial score (nSPS) is 21.9. The van der Waals surface area contributed by atoms with Gasteiger partial charge in [0.2, 0.25) is 5.91 Å². The predicted octanol–water partition coefficient (Wildman–Crippen LogP) is 1.66. The largest absolute Gasteiger partial charge is 0.368 e. The van der Waals surface area contributed by atoms with Gasteiger partial charge in [0.15, 0.2) is 0 Å². The van der Waals surface area contributed by atoms with E-state index in [9.17, 15) is 4.79 Å². The lowest BCUT2D eigenvalue weighted by Gasteiger charge is -2.30. The van der Waals surface area contributed by atoms with Crippen molar-refractivity contribution in [3.8, 4) is 0 Å². The van der Waals surface area contributed by atoms with Crippen molar-refractivity contribution in [2.75, 3.05) is 11.4 Å². The predicted molar refractivity (Wildman–Crippen MR) is 65.5 cm³/mol. The SMILES string of the molecule is C[C@H]1N(CC(N)=O)c2ccccc2C1(C)C. The summed E-state index contributed by atoms with van der Waals surface area (Å²) in [7, 11) is 0. The summed E-state index contributed by atoms with van der Waals surface area (Å²) in [4.78, 5) is 13.2. The lowest BCUT2D eigenvalue weighted by atomic mass is 9.81. The zero-order valence-corrected chi connectivity index (χ0v) is 10.0. The Morgan fingerprint density at radius 3 is 2.69 bits per heavy atom. The Morgan fingerprint density at radius 2 is 2.06 bits per heavy atom. The van der Waals surface area contributed by atoms with Gasteiger partial charge in [0.1, 0.15) is 0 Å². The maximum absolute atomic E-state index is 11.1. The van der Waals surface area contributed by atoms with Crippen molar-refractivity contribution < 1.29 is 4.79 Å². The molecule has 1 aliphatic heterocycles. The highest BCUT2D eigenvalue weighted by molar-refractivity contribution is 5.81. The topological polar surface area (TPSA) is 46.3 Å². The summed E-state index contributed by atoms with van der Waals surface area (Å²) < 4.78 is 0. The number of anilines is 1. The standard InChI is InChI=1S/C13H18N2O/c1-9-13(2,3)10-6-4-5-7-11(10)15(9)8-12(14)16/h4-7,9H,8H2,1-3H3,(H2,14,16)/t9-/m1/s1. The highest BCUT2D eigenvalue weighted by Gasteiger charge is 2.41. The molecular weight excluding hydrogens is 200 g/mol. The first-order chi connectivity index (χ1) is 7.44. The van der Waals surface area contributed by atoms with Gasteiger partial charge in [-0.15, -0.1) is 0 Å². The van der Waals surface area contributed by atoms with Crippen molar-refractivity contribution in [1.29, 1.82) is 0 Å². The van der Waals surface area contributed by atoms with Crippen LogP contribution in [-0.2, 0) is 10.2 Å². The molecule has 0 radical (unpaired) electrons. The van der Waals surface area contributed by atoms with Gasteiger partial charge in [-0.05, 0) is 18.6 Å². The van der Waals surface area contributed by atoms with Crippen LogP contribution in [0.15, 0.2) is 24.3 Å². The molecule has 0 saturated heterocycles. The number of carbonyl (C=O) groups excluding carboxylic acids is 1. The lowest BCUT2D eigenvalue weighted by molar-refractivity contribution is -0.116. The Labute approximate surface area is 96.2 Å². The molecule has 0 saturated carbocycles. The molecule has 3 nitrogen and oxygen atoms in total. The van der Waals surface area contributed by atoms with Gasteiger partial charge in [-0.1, -0.05) is 32.0 Å². The summed E-state index contributed by atoms with van der Waals surface area (Å²) >= 11 is 0. The number of amides is 1. The second-order valence-corrected chi connectivity index (χ2v) is 5.01. The number of hydrogen-bond donors (Lipinski definition) is 1. The molecule has 3 heteroatoms. The van der Waals surface area contributed by atoms with Gasteiger partial charge in [-0.2, -0.15) is 0 Å². The van der Waals surface area contributed by atoms with Crippen LogP contribution < -0.4 is 10.6 Å². The molecule has 16 heavy (non-hydrogen) atoms. The number of carbonyl (C=O) groups is 1. The number of nitrogens with zero attached hydrogens (tertiary/aromatic N) is 1. The molecule has 1 amide bonds. The van der Waals surface area contributed by atoms with E-state index in [1.54, 1.807) is 0 Å². The van der Waals surface area contributed by atoms with Crippen LogP contribution in [0, 0.1) is 0 Å². The first-order valence-electron chi connectivity index (χ1n) is 5.59. The highest BCUT2D eigenvalue weighted by atomic mass is 16.1. The molecule has 0 bridgehead atoms. The minimum absolute atomic E-state index is 0.0616. The maximum Gasteiger partial charge on any atom is 0.236 e. The molecule has 1 aromatic rings. The first kappa shape index (κ1) is 11.0. The molecule has 0 unspecified atom stereocenters. The summed E-state index contributed by atoms with van der Waals surface area (Å²) in [5.74, 6) is -0.278. The molecule has 2 N–H and O–H groups in total. The van der Waals surface area contributed by atoms with Crippen LogP contribution in [0.2, 0.25) is 0 Å². The van der Waals surface area contributed by atoms with Crippen molar-refractivity contribution in [3.63, 3.8) is 0 Å². The number of benzene rings is 1. The van der Waals surface area contributed by atoms with E-state index >= 15 is 0 Å². The summed E-state index contributed by atoms with van der Waals surface area (Å²) in [5.41, 5.74) is 7.79.